The quantitative estimate of drug-likeness (QED) is 0.425. The lowest BCUT2D eigenvalue weighted by molar-refractivity contribution is -0.0581. The minimum atomic E-state index is -5.44. The van der Waals surface area contributed by atoms with Crippen molar-refractivity contribution in [1.29, 1.82) is 0 Å². The zero-order valence-corrected chi connectivity index (χ0v) is 8.70. The van der Waals surface area contributed by atoms with E-state index in [1.54, 1.807) is 0 Å². The monoisotopic (exact) mass is 244 g/mol. The average Bonchev–Trinajstić information content (AvgIpc) is 2.06. The zero-order chi connectivity index (χ0) is 11.7. The summed E-state index contributed by atoms with van der Waals surface area (Å²) in [6.45, 7) is 3.67. The molecule has 15 heavy (non-hydrogen) atoms. The van der Waals surface area contributed by atoms with Crippen LogP contribution in [0.4, 0.5) is 13.2 Å². The Labute approximate surface area is 86.0 Å². The van der Waals surface area contributed by atoms with Crippen molar-refractivity contribution in [3.8, 4) is 0 Å². The van der Waals surface area contributed by atoms with E-state index in [9.17, 15) is 21.6 Å². The van der Waals surface area contributed by atoms with Crippen molar-refractivity contribution in [3.63, 3.8) is 0 Å². The van der Waals surface area contributed by atoms with Gasteiger partial charge in [0.25, 0.3) is 0 Å². The Morgan fingerprint density at radius 3 is 2.13 bits per heavy atom. The molecule has 1 aliphatic rings. The standard InChI is InChI=1S/C8H11F3O3S/c1-6-2-4-7(5-3-6)14-15(12,13)8(9,10)11/h7H,1-5H2. The van der Waals surface area contributed by atoms with Gasteiger partial charge in [-0.3, -0.25) is 4.18 Å². The number of hydrogen-bond acceptors (Lipinski definition) is 3. The predicted molar refractivity (Wildman–Crippen MR) is 47.5 cm³/mol. The molecule has 0 atom stereocenters. The van der Waals surface area contributed by atoms with E-state index in [2.05, 4.69) is 10.8 Å². The van der Waals surface area contributed by atoms with Crippen LogP contribution in [0.5, 0.6) is 0 Å². The van der Waals surface area contributed by atoms with Crippen molar-refractivity contribution in [2.24, 2.45) is 0 Å². The second-order valence-corrected chi connectivity index (χ2v) is 5.01. The Morgan fingerprint density at radius 1 is 1.27 bits per heavy atom. The second-order valence-electron chi connectivity index (χ2n) is 3.45. The fraction of sp³-hybridized carbons (Fsp3) is 0.750. The Hall–Kier alpha value is -0.560. The fourth-order valence-electron chi connectivity index (χ4n) is 1.33. The Morgan fingerprint density at radius 2 is 1.73 bits per heavy atom. The summed E-state index contributed by atoms with van der Waals surface area (Å²) < 4.78 is 61.2. The molecule has 0 aromatic rings. The Kier molecular flexibility index (Phi) is 3.44. The van der Waals surface area contributed by atoms with Crippen molar-refractivity contribution in [3.05, 3.63) is 12.2 Å². The van der Waals surface area contributed by atoms with Crippen LogP contribution in [0.2, 0.25) is 0 Å². The summed E-state index contributed by atoms with van der Waals surface area (Å²) in [6.07, 6.45) is 0.695. The summed E-state index contributed by atoms with van der Waals surface area (Å²) in [4.78, 5) is 0. The van der Waals surface area contributed by atoms with Crippen LogP contribution >= 0.6 is 0 Å². The lowest BCUT2D eigenvalue weighted by Gasteiger charge is -2.23. The molecule has 0 aliphatic heterocycles. The first-order valence-corrected chi connectivity index (χ1v) is 5.79. The molecular weight excluding hydrogens is 233 g/mol. The van der Waals surface area contributed by atoms with E-state index in [1.807, 2.05) is 0 Å². The molecule has 0 unspecified atom stereocenters. The molecule has 7 heteroatoms. The van der Waals surface area contributed by atoms with Crippen LogP contribution in [-0.4, -0.2) is 20.0 Å². The molecule has 0 N–H and O–H groups in total. The summed E-state index contributed by atoms with van der Waals surface area (Å²) in [5.74, 6) is 0. The summed E-state index contributed by atoms with van der Waals surface area (Å²) in [6, 6.07) is 0. The van der Waals surface area contributed by atoms with Crippen LogP contribution in [0.15, 0.2) is 12.2 Å². The minimum absolute atomic E-state index is 0.272. The molecule has 0 amide bonds. The van der Waals surface area contributed by atoms with Crippen molar-refractivity contribution < 1.29 is 25.8 Å². The third kappa shape index (κ3) is 3.20. The van der Waals surface area contributed by atoms with Gasteiger partial charge in [-0.1, -0.05) is 12.2 Å². The molecule has 88 valence electrons. The molecule has 1 aliphatic carbocycles. The average molecular weight is 244 g/mol. The van der Waals surface area contributed by atoms with Crippen LogP contribution < -0.4 is 0 Å². The van der Waals surface area contributed by atoms with E-state index in [4.69, 9.17) is 0 Å². The Bertz CT molecular complexity index is 335. The second kappa shape index (κ2) is 4.13. The normalized spacial score (nSPS) is 20.6. The summed E-state index contributed by atoms with van der Waals surface area (Å²) in [7, 11) is -5.44. The highest BCUT2D eigenvalue weighted by Crippen LogP contribution is 2.30. The third-order valence-corrected chi connectivity index (χ3v) is 3.28. The highest BCUT2D eigenvalue weighted by atomic mass is 32.2. The summed E-state index contributed by atoms with van der Waals surface area (Å²) in [5, 5.41) is 0. The number of hydrogen-bond donors (Lipinski definition) is 0. The van der Waals surface area contributed by atoms with Gasteiger partial charge in [0, 0.05) is 0 Å². The topological polar surface area (TPSA) is 43.4 Å². The van der Waals surface area contributed by atoms with Crippen LogP contribution in [0.3, 0.4) is 0 Å². The molecular formula is C8H11F3O3S. The predicted octanol–water partition coefficient (Wildman–Crippen LogP) is 2.35. The number of halogens is 3. The first kappa shape index (κ1) is 12.5. The fourth-order valence-corrected chi connectivity index (χ4v) is 1.99. The molecule has 0 aromatic carbocycles. The largest absolute Gasteiger partial charge is 0.523 e. The van der Waals surface area contributed by atoms with E-state index in [0.29, 0.717) is 12.8 Å². The van der Waals surface area contributed by atoms with Gasteiger partial charge < -0.3 is 0 Å². The van der Waals surface area contributed by atoms with Crippen LogP contribution in [0.1, 0.15) is 25.7 Å². The van der Waals surface area contributed by atoms with Gasteiger partial charge in [-0.2, -0.15) is 21.6 Å². The molecule has 1 fully saturated rings. The van der Waals surface area contributed by atoms with Gasteiger partial charge in [0.05, 0.1) is 6.10 Å². The molecule has 1 saturated carbocycles. The van der Waals surface area contributed by atoms with Gasteiger partial charge in [-0.15, -0.1) is 0 Å². The maximum Gasteiger partial charge on any atom is 0.523 e. The third-order valence-electron chi connectivity index (χ3n) is 2.19. The lowest BCUT2D eigenvalue weighted by atomic mass is 9.94. The maximum atomic E-state index is 11.9. The van der Waals surface area contributed by atoms with Gasteiger partial charge in [0.1, 0.15) is 0 Å². The molecule has 0 spiro atoms. The van der Waals surface area contributed by atoms with Gasteiger partial charge in [-0.05, 0) is 25.7 Å². The van der Waals surface area contributed by atoms with Crippen LogP contribution in [-0.2, 0) is 14.3 Å². The van der Waals surface area contributed by atoms with E-state index in [1.165, 1.54) is 0 Å². The van der Waals surface area contributed by atoms with Gasteiger partial charge in [0.2, 0.25) is 0 Å². The molecule has 3 nitrogen and oxygen atoms in total. The van der Waals surface area contributed by atoms with Crippen molar-refractivity contribution in [2.45, 2.75) is 37.3 Å². The molecule has 0 bridgehead atoms. The molecule has 0 radical (unpaired) electrons. The van der Waals surface area contributed by atoms with E-state index >= 15 is 0 Å². The highest BCUT2D eigenvalue weighted by Gasteiger charge is 2.48. The van der Waals surface area contributed by atoms with Gasteiger partial charge in [0.15, 0.2) is 0 Å². The van der Waals surface area contributed by atoms with E-state index in [0.717, 1.165) is 5.57 Å². The van der Waals surface area contributed by atoms with Gasteiger partial charge in [-0.25, -0.2) is 0 Å². The highest BCUT2D eigenvalue weighted by molar-refractivity contribution is 7.87. The van der Waals surface area contributed by atoms with Crippen LogP contribution in [0.25, 0.3) is 0 Å². The molecule has 0 aromatic heterocycles. The molecule has 0 saturated heterocycles. The van der Waals surface area contributed by atoms with E-state index in [-0.39, 0.29) is 12.8 Å². The number of allylic oxidation sites excluding steroid dienone is 1. The first-order valence-electron chi connectivity index (χ1n) is 4.38. The zero-order valence-electron chi connectivity index (χ0n) is 7.88. The number of alkyl halides is 3. The lowest BCUT2D eigenvalue weighted by Crippen LogP contribution is -2.31. The van der Waals surface area contributed by atoms with E-state index < -0.39 is 21.7 Å². The van der Waals surface area contributed by atoms with Crippen molar-refractivity contribution >= 4 is 10.1 Å². The SMILES string of the molecule is C=C1CCC(OS(=O)(=O)C(F)(F)F)CC1. The number of rotatable bonds is 2. The van der Waals surface area contributed by atoms with Crippen molar-refractivity contribution in [2.75, 3.05) is 0 Å². The van der Waals surface area contributed by atoms with Crippen molar-refractivity contribution in [1.82, 2.24) is 0 Å². The maximum absolute atomic E-state index is 11.9. The molecule has 1 rings (SSSR count). The summed E-state index contributed by atoms with van der Waals surface area (Å²) in [5.41, 5.74) is -4.42. The summed E-state index contributed by atoms with van der Waals surface area (Å²) >= 11 is 0. The van der Waals surface area contributed by atoms with Crippen LogP contribution in [0, 0.1) is 0 Å². The minimum Gasteiger partial charge on any atom is -0.260 e. The first-order chi connectivity index (χ1) is 6.72. The smallest absolute Gasteiger partial charge is 0.260 e. The van der Waals surface area contributed by atoms with Gasteiger partial charge >= 0.3 is 15.6 Å². The Balaban J connectivity index is 2.60. The molecule has 0 heterocycles.